The molecule has 3 rings (SSSR count). The third-order valence-electron chi connectivity index (χ3n) is 4.19. The van der Waals surface area contributed by atoms with Gasteiger partial charge < -0.3 is 10.0 Å². The predicted octanol–water partition coefficient (Wildman–Crippen LogP) is 1.84. The molecule has 0 radical (unpaired) electrons. The molecule has 2 unspecified atom stereocenters. The number of aryl methyl sites for hydroxylation is 1. The number of anilines is 1. The molecule has 0 spiro atoms. The Bertz CT molecular complexity index is 785. The van der Waals surface area contributed by atoms with Gasteiger partial charge in [0.2, 0.25) is 5.95 Å². The summed E-state index contributed by atoms with van der Waals surface area (Å²) in [6.45, 7) is 4.33. The molecule has 1 fully saturated rings. The van der Waals surface area contributed by atoms with Gasteiger partial charge in [-0.15, -0.1) is 0 Å². The van der Waals surface area contributed by atoms with Gasteiger partial charge in [-0.05, 0) is 31.9 Å². The number of nitrogens with zero attached hydrogens (tertiary/aromatic N) is 3. The minimum Gasteiger partial charge on any atom is -0.389 e. The fourth-order valence-corrected chi connectivity index (χ4v) is 3.04. The van der Waals surface area contributed by atoms with Crippen LogP contribution < -0.4 is 10.5 Å². The van der Waals surface area contributed by atoms with Crippen LogP contribution in [0, 0.1) is 6.92 Å². The van der Waals surface area contributed by atoms with E-state index >= 15 is 0 Å². The Morgan fingerprint density at radius 1 is 1.45 bits per heavy atom. The van der Waals surface area contributed by atoms with Crippen LogP contribution >= 0.6 is 0 Å². The van der Waals surface area contributed by atoms with Crippen LogP contribution in [0.5, 0.6) is 0 Å². The first kappa shape index (κ1) is 15.0. The lowest BCUT2D eigenvalue weighted by atomic mass is 10.0. The summed E-state index contributed by atoms with van der Waals surface area (Å²) in [6.07, 6.45) is -1.16. The lowest BCUT2D eigenvalue weighted by molar-refractivity contribution is 0.200. The minimum absolute atomic E-state index is 0.173. The number of hydrogen-bond donors (Lipinski definition) is 1. The molecule has 2 heterocycles. The van der Waals surface area contributed by atoms with E-state index < -0.39 is 12.3 Å². The van der Waals surface area contributed by atoms with E-state index in [-0.39, 0.29) is 12.1 Å². The number of halogens is 1. The molecular formula is C16H20FN3O2. The quantitative estimate of drug-likeness (QED) is 0.920. The number of aliphatic hydroxyl groups is 1. The average molecular weight is 305 g/mol. The molecule has 5 nitrogen and oxygen atoms in total. The van der Waals surface area contributed by atoms with E-state index in [0.29, 0.717) is 35.4 Å². The van der Waals surface area contributed by atoms with E-state index in [1.807, 2.05) is 13.0 Å². The van der Waals surface area contributed by atoms with Gasteiger partial charge in [0, 0.05) is 19.2 Å². The fourth-order valence-electron chi connectivity index (χ4n) is 3.04. The highest BCUT2D eigenvalue weighted by molar-refractivity contribution is 5.83. The molecule has 2 atom stereocenters. The second kappa shape index (κ2) is 5.35. The van der Waals surface area contributed by atoms with Crippen molar-refractivity contribution in [2.45, 2.75) is 32.5 Å². The molecule has 1 aromatic heterocycles. The molecule has 6 heteroatoms. The van der Waals surface area contributed by atoms with Gasteiger partial charge in [0.15, 0.2) is 0 Å². The maximum absolute atomic E-state index is 13.5. The number of fused-ring (bicyclic) bond motifs is 1. The van der Waals surface area contributed by atoms with Crippen LogP contribution in [-0.2, 0) is 7.05 Å². The normalized spacial score (nSPS) is 19.9. The molecule has 1 aliphatic heterocycles. The van der Waals surface area contributed by atoms with Gasteiger partial charge in [0.05, 0.1) is 23.6 Å². The van der Waals surface area contributed by atoms with Gasteiger partial charge in [-0.1, -0.05) is 6.07 Å². The van der Waals surface area contributed by atoms with Crippen LogP contribution in [0.25, 0.3) is 10.9 Å². The van der Waals surface area contributed by atoms with E-state index in [4.69, 9.17) is 0 Å². The van der Waals surface area contributed by atoms with Crippen molar-refractivity contribution in [3.05, 3.63) is 33.6 Å². The highest BCUT2D eigenvalue weighted by atomic mass is 19.1. The molecule has 118 valence electrons. The Hall–Kier alpha value is -1.95. The van der Waals surface area contributed by atoms with Crippen molar-refractivity contribution in [3.8, 4) is 0 Å². The summed E-state index contributed by atoms with van der Waals surface area (Å²) < 4.78 is 14.9. The number of aromatic nitrogens is 2. The van der Waals surface area contributed by atoms with Crippen molar-refractivity contribution >= 4 is 16.9 Å². The molecule has 1 aliphatic rings. The summed E-state index contributed by atoms with van der Waals surface area (Å²) in [5, 5.41) is 10.5. The first-order valence-electron chi connectivity index (χ1n) is 7.47. The number of hydrogen-bond acceptors (Lipinski definition) is 4. The van der Waals surface area contributed by atoms with Crippen molar-refractivity contribution in [3.63, 3.8) is 0 Å². The molecule has 0 amide bonds. The standard InChI is InChI=1S/C16H20FN3O2/c1-9-6-12(10(2)21)14-13(7-9)15(22)19(3)16(18-14)20-5-4-11(17)8-20/h6-7,10-11,21H,4-5,8H2,1-3H3. The van der Waals surface area contributed by atoms with Crippen LogP contribution in [0.1, 0.15) is 30.6 Å². The molecular weight excluding hydrogens is 285 g/mol. The van der Waals surface area contributed by atoms with Gasteiger partial charge in [-0.25, -0.2) is 9.37 Å². The second-order valence-corrected chi connectivity index (χ2v) is 6.03. The van der Waals surface area contributed by atoms with E-state index in [1.165, 1.54) is 4.57 Å². The molecule has 1 saturated heterocycles. The third-order valence-corrected chi connectivity index (χ3v) is 4.19. The maximum Gasteiger partial charge on any atom is 0.262 e. The summed E-state index contributed by atoms with van der Waals surface area (Å²) in [4.78, 5) is 19.0. The summed E-state index contributed by atoms with van der Waals surface area (Å²) in [5.41, 5.74) is 1.86. The lowest BCUT2D eigenvalue weighted by Crippen LogP contribution is -2.30. The molecule has 0 bridgehead atoms. The smallest absolute Gasteiger partial charge is 0.262 e. The predicted molar refractivity (Wildman–Crippen MR) is 84.1 cm³/mol. The van der Waals surface area contributed by atoms with Crippen molar-refractivity contribution < 1.29 is 9.50 Å². The molecule has 1 N–H and O–H groups in total. The van der Waals surface area contributed by atoms with Crippen LogP contribution in [0.15, 0.2) is 16.9 Å². The molecule has 2 aromatic rings. The highest BCUT2D eigenvalue weighted by Gasteiger charge is 2.26. The van der Waals surface area contributed by atoms with E-state index in [0.717, 1.165) is 5.56 Å². The number of aliphatic hydroxyl groups excluding tert-OH is 1. The van der Waals surface area contributed by atoms with Crippen LogP contribution in [0.3, 0.4) is 0 Å². The van der Waals surface area contributed by atoms with Crippen molar-refractivity contribution in [1.29, 1.82) is 0 Å². The van der Waals surface area contributed by atoms with Gasteiger partial charge >= 0.3 is 0 Å². The van der Waals surface area contributed by atoms with Gasteiger partial charge in [0.1, 0.15) is 6.17 Å². The summed E-state index contributed by atoms with van der Waals surface area (Å²) in [5.74, 6) is 0.461. The monoisotopic (exact) mass is 305 g/mol. The maximum atomic E-state index is 13.5. The Labute approximate surface area is 128 Å². The van der Waals surface area contributed by atoms with Crippen molar-refractivity contribution in [2.75, 3.05) is 18.0 Å². The van der Waals surface area contributed by atoms with Gasteiger partial charge in [-0.3, -0.25) is 9.36 Å². The Morgan fingerprint density at radius 3 is 2.77 bits per heavy atom. The zero-order valence-corrected chi connectivity index (χ0v) is 13.0. The van der Waals surface area contributed by atoms with Crippen molar-refractivity contribution in [2.24, 2.45) is 7.05 Å². The highest BCUT2D eigenvalue weighted by Crippen LogP contribution is 2.26. The zero-order chi connectivity index (χ0) is 16.0. The topological polar surface area (TPSA) is 58.4 Å². The minimum atomic E-state index is -0.887. The summed E-state index contributed by atoms with van der Waals surface area (Å²) in [6, 6.07) is 3.62. The van der Waals surface area contributed by atoms with Gasteiger partial charge in [0.25, 0.3) is 5.56 Å². The average Bonchev–Trinajstić information content (AvgIpc) is 2.88. The van der Waals surface area contributed by atoms with Crippen LogP contribution in [-0.4, -0.2) is 33.9 Å². The number of alkyl halides is 1. The molecule has 0 saturated carbocycles. The van der Waals surface area contributed by atoms with E-state index in [9.17, 15) is 14.3 Å². The lowest BCUT2D eigenvalue weighted by Gasteiger charge is -2.21. The number of rotatable bonds is 2. The van der Waals surface area contributed by atoms with Crippen LogP contribution in [0.2, 0.25) is 0 Å². The van der Waals surface area contributed by atoms with E-state index in [2.05, 4.69) is 4.98 Å². The van der Waals surface area contributed by atoms with E-state index in [1.54, 1.807) is 24.9 Å². The fraction of sp³-hybridized carbons (Fsp3) is 0.500. The Balaban J connectivity index is 2.28. The largest absolute Gasteiger partial charge is 0.389 e. The van der Waals surface area contributed by atoms with Crippen molar-refractivity contribution in [1.82, 2.24) is 9.55 Å². The summed E-state index contributed by atoms with van der Waals surface area (Å²) in [7, 11) is 1.65. The molecule has 22 heavy (non-hydrogen) atoms. The first-order chi connectivity index (χ1) is 10.4. The third kappa shape index (κ3) is 2.37. The first-order valence-corrected chi connectivity index (χ1v) is 7.47. The number of benzene rings is 1. The zero-order valence-electron chi connectivity index (χ0n) is 13.0. The Kier molecular flexibility index (Phi) is 3.64. The Morgan fingerprint density at radius 2 is 2.18 bits per heavy atom. The molecule has 1 aromatic carbocycles. The second-order valence-electron chi connectivity index (χ2n) is 6.03. The van der Waals surface area contributed by atoms with Gasteiger partial charge in [-0.2, -0.15) is 0 Å². The SMILES string of the molecule is Cc1cc(C(C)O)c2nc(N3CCC(F)C3)n(C)c(=O)c2c1. The molecule has 0 aliphatic carbocycles. The summed E-state index contributed by atoms with van der Waals surface area (Å²) >= 11 is 0. The van der Waals surface area contributed by atoms with Crippen LogP contribution in [0.4, 0.5) is 10.3 Å².